The number of nitrogens with zero attached hydrogens (tertiary/aromatic N) is 1. The molecule has 2 heterocycles. The van der Waals surface area contributed by atoms with Crippen molar-refractivity contribution in [3.8, 4) is 0 Å². The fraction of sp³-hybridized carbons (Fsp3) is 0.556. The van der Waals surface area contributed by atoms with Gasteiger partial charge in [0.15, 0.2) is 6.23 Å². The molecule has 2 rings (SSSR count). The first-order valence-corrected chi connectivity index (χ1v) is 5.81. The molecule has 0 radical (unpaired) electrons. The van der Waals surface area contributed by atoms with Gasteiger partial charge in [-0.25, -0.2) is 9.18 Å². The monoisotopic (exact) mass is 324 g/mol. The number of ether oxygens (including phenoxy) is 1. The molecule has 1 aromatic heterocycles. The van der Waals surface area contributed by atoms with Crippen molar-refractivity contribution in [3.05, 3.63) is 33.1 Å². The molecule has 0 bridgehead atoms. The number of halogens is 2. The lowest BCUT2D eigenvalue weighted by Gasteiger charge is -2.22. The molecule has 0 unspecified atom stereocenters. The maximum atomic E-state index is 14.3. The Balaban J connectivity index is 2.45. The average Bonchev–Trinajstić information content (AvgIpc) is 2.52. The molecule has 1 aliphatic heterocycles. The van der Waals surface area contributed by atoms with Crippen molar-refractivity contribution in [2.45, 2.75) is 23.0 Å². The Morgan fingerprint density at radius 2 is 2.28 bits per heavy atom. The molecular weight excluding hydrogens is 315 g/mol. The van der Waals surface area contributed by atoms with E-state index in [0.29, 0.717) is 0 Å². The van der Waals surface area contributed by atoms with Crippen molar-refractivity contribution in [3.63, 3.8) is 0 Å². The van der Waals surface area contributed by atoms with E-state index < -0.39 is 40.9 Å². The fourth-order valence-electron chi connectivity index (χ4n) is 1.73. The van der Waals surface area contributed by atoms with Crippen LogP contribution >= 0.6 is 15.9 Å². The number of nitrogens with one attached hydrogen (secondary N) is 1. The molecule has 0 aliphatic carbocycles. The summed E-state index contributed by atoms with van der Waals surface area (Å²) in [5, 5.41) is 18.5. The lowest BCUT2D eigenvalue weighted by atomic mass is 10.1. The van der Waals surface area contributed by atoms with E-state index in [2.05, 4.69) is 15.9 Å². The number of hydrogen-bond donors (Lipinski definition) is 3. The predicted molar refractivity (Wildman–Crippen MR) is 61.1 cm³/mol. The van der Waals surface area contributed by atoms with Gasteiger partial charge in [0.2, 0.25) is 4.58 Å². The van der Waals surface area contributed by atoms with E-state index in [4.69, 9.17) is 9.84 Å². The van der Waals surface area contributed by atoms with Crippen LogP contribution in [-0.2, 0) is 4.74 Å². The Hall–Kier alpha value is -1.03. The minimum Gasteiger partial charge on any atom is -0.394 e. The molecular formula is C9H10BrFN2O5. The zero-order valence-corrected chi connectivity index (χ0v) is 10.5. The van der Waals surface area contributed by atoms with Crippen molar-refractivity contribution in [2.75, 3.05) is 6.61 Å². The molecule has 4 atom stereocenters. The van der Waals surface area contributed by atoms with E-state index >= 15 is 0 Å². The molecule has 1 saturated heterocycles. The van der Waals surface area contributed by atoms with Gasteiger partial charge in [-0.3, -0.25) is 14.3 Å². The number of aliphatic hydroxyl groups excluding tert-OH is 2. The SMILES string of the molecule is O=c1ccn([C@@H]2O[C@H](CO)[C@@H](O)[C@]2(F)Br)c(=O)[nH]1. The topological polar surface area (TPSA) is 105 Å². The van der Waals surface area contributed by atoms with E-state index in [1.807, 2.05) is 4.98 Å². The van der Waals surface area contributed by atoms with Gasteiger partial charge in [0.25, 0.3) is 5.56 Å². The van der Waals surface area contributed by atoms with Crippen molar-refractivity contribution >= 4 is 15.9 Å². The maximum Gasteiger partial charge on any atom is 0.330 e. The van der Waals surface area contributed by atoms with Crippen LogP contribution in [0.5, 0.6) is 0 Å². The van der Waals surface area contributed by atoms with Crippen molar-refractivity contribution in [1.29, 1.82) is 0 Å². The van der Waals surface area contributed by atoms with Crippen LogP contribution in [0.3, 0.4) is 0 Å². The van der Waals surface area contributed by atoms with Crippen molar-refractivity contribution < 1.29 is 19.3 Å². The first-order valence-electron chi connectivity index (χ1n) is 5.01. The standard InChI is InChI=1S/C9H10BrFN2O5/c10-9(11)6(16)4(3-14)18-7(9)13-2-1-5(15)12-8(13)17/h1-2,4,6-7,14,16H,3H2,(H,12,15,17)/t4-,6-,7-,9-/m1/s1. The fourth-order valence-corrected chi connectivity index (χ4v) is 2.35. The zero-order chi connectivity index (χ0) is 13.5. The second kappa shape index (κ2) is 4.57. The summed E-state index contributed by atoms with van der Waals surface area (Å²) in [5.74, 6) is 0. The van der Waals surface area contributed by atoms with Gasteiger partial charge < -0.3 is 14.9 Å². The molecule has 1 aliphatic rings. The third-order valence-corrected chi connectivity index (χ3v) is 3.52. The third kappa shape index (κ3) is 2.03. The largest absolute Gasteiger partial charge is 0.394 e. The number of aromatic nitrogens is 2. The van der Waals surface area contributed by atoms with Crippen LogP contribution in [0.15, 0.2) is 21.9 Å². The summed E-state index contributed by atoms with van der Waals surface area (Å²) < 4.78 is 17.7. The predicted octanol–water partition coefficient (Wildman–Crippen LogP) is -1.15. The smallest absolute Gasteiger partial charge is 0.330 e. The van der Waals surface area contributed by atoms with Gasteiger partial charge in [-0.05, 0) is 15.9 Å². The molecule has 0 saturated carbocycles. The highest BCUT2D eigenvalue weighted by Gasteiger charge is 2.56. The Morgan fingerprint density at radius 1 is 1.61 bits per heavy atom. The molecule has 0 spiro atoms. The average molecular weight is 325 g/mol. The summed E-state index contributed by atoms with van der Waals surface area (Å²) in [4.78, 5) is 24.4. The molecule has 18 heavy (non-hydrogen) atoms. The van der Waals surface area contributed by atoms with E-state index in [9.17, 15) is 19.1 Å². The summed E-state index contributed by atoms with van der Waals surface area (Å²) in [6.45, 7) is -0.604. The van der Waals surface area contributed by atoms with Gasteiger partial charge >= 0.3 is 5.69 Å². The van der Waals surface area contributed by atoms with Crippen LogP contribution in [0.1, 0.15) is 6.23 Å². The second-order valence-electron chi connectivity index (χ2n) is 3.85. The Kier molecular flexibility index (Phi) is 3.41. The van der Waals surface area contributed by atoms with Gasteiger partial charge in [0, 0.05) is 12.3 Å². The van der Waals surface area contributed by atoms with Crippen molar-refractivity contribution in [1.82, 2.24) is 9.55 Å². The Morgan fingerprint density at radius 3 is 2.78 bits per heavy atom. The highest BCUT2D eigenvalue weighted by molar-refractivity contribution is 9.10. The second-order valence-corrected chi connectivity index (χ2v) is 5.06. The molecule has 0 amide bonds. The Bertz CT molecular complexity index is 556. The summed E-state index contributed by atoms with van der Waals surface area (Å²) in [6, 6.07) is 1.02. The van der Waals surface area contributed by atoms with Crippen LogP contribution < -0.4 is 11.2 Å². The van der Waals surface area contributed by atoms with Crippen LogP contribution in [0.2, 0.25) is 0 Å². The number of aliphatic hydroxyl groups is 2. The van der Waals surface area contributed by atoms with Gasteiger partial charge in [-0.2, -0.15) is 0 Å². The number of hydrogen-bond acceptors (Lipinski definition) is 5. The van der Waals surface area contributed by atoms with Gasteiger partial charge in [-0.15, -0.1) is 0 Å². The minimum atomic E-state index is -2.44. The Labute approximate surface area is 108 Å². The lowest BCUT2D eigenvalue weighted by molar-refractivity contribution is -0.0506. The minimum absolute atomic E-state index is 0.604. The van der Waals surface area contributed by atoms with E-state index in [0.717, 1.165) is 16.8 Å². The van der Waals surface area contributed by atoms with Gasteiger partial charge in [0.1, 0.15) is 12.2 Å². The van der Waals surface area contributed by atoms with Crippen LogP contribution in [0, 0.1) is 0 Å². The molecule has 7 nitrogen and oxygen atoms in total. The number of H-pyrrole nitrogens is 1. The van der Waals surface area contributed by atoms with E-state index in [-0.39, 0.29) is 0 Å². The van der Waals surface area contributed by atoms with Gasteiger partial charge in [-0.1, -0.05) is 0 Å². The summed E-state index contributed by atoms with van der Waals surface area (Å²) in [6.07, 6.45) is -3.26. The molecule has 9 heteroatoms. The van der Waals surface area contributed by atoms with E-state index in [1.165, 1.54) is 0 Å². The summed E-state index contributed by atoms with van der Waals surface area (Å²) in [5.41, 5.74) is -1.51. The molecule has 3 N–H and O–H groups in total. The highest BCUT2D eigenvalue weighted by atomic mass is 79.9. The highest BCUT2D eigenvalue weighted by Crippen LogP contribution is 2.45. The quantitative estimate of drug-likeness (QED) is 0.596. The lowest BCUT2D eigenvalue weighted by Crippen LogP contribution is -2.41. The normalized spacial score (nSPS) is 35.9. The summed E-state index contributed by atoms with van der Waals surface area (Å²) >= 11 is 2.64. The van der Waals surface area contributed by atoms with Gasteiger partial charge in [0.05, 0.1) is 6.61 Å². The molecule has 100 valence electrons. The zero-order valence-electron chi connectivity index (χ0n) is 8.92. The third-order valence-electron chi connectivity index (χ3n) is 2.66. The number of alkyl halides is 2. The van der Waals surface area contributed by atoms with Crippen LogP contribution in [0.25, 0.3) is 0 Å². The summed E-state index contributed by atoms with van der Waals surface area (Å²) in [7, 11) is 0. The van der Waals surface area contributed by atoms with Crippen molar-refractivity contribution in [2.24, 2.45) is 0 Å². The molecule has 0 aromatic carbocycles. The first-order chi connectivity index (χ1) is 8.37. The number of aromatic amines is 1. The maximum absolute atomic E-state index is 14.3. The van der Waals surface area contributed by atoms with E-state index in [1.54, 1.807) is 0 Å². The molecule has 1 aromatic rings. The molecule has 1 fully saturated rings. The number of rotatable bonds is 2. The van der Waals surface area contributed by atoms with Crippen LogP contribution in [-0.4, -0.2) is 43.2 Å². The van der Waals surface area contributed by atoms with Crippen LogP contribution in [0.4, 0.5) is 4.39 Å². The first kappa shape index (κ1) is 13.4.